The number of rotatable bonds is 5. The zero-order valence-corrected chi connectivity index (χ0v) is 16.7. The fourth-order valence-corrected chi connectivity index (χ4v) is 3.98. The van der Waals surface area contributed by atoms with Crippen molar-refractivity contribution in [3.63, 3.8) is 0 Å². The third-order valence-electron chi connectivity index (χ3n) is 5.51. The van der Waals surface area contributed by atoms with Gasteiger partial charge in [0.05, 0.1) is 29.9 Å². The number of carbonyl (C=O) groups excluding carboxylic acids is 1. The number of amides is 1. The minimum absolute atomic E-state index is 0.0885. The highest BCUT2D eigenvalue weighted by atomic mass is 16.5. The van der Waals surface area contributed by atoms with E-state index < -0.39 is 0 Å². The zero-order valence-electron chi connectivity index (χ0n) is 16.7. The Labute approximate surface area is 169 Å². The van der Waals surface area contributed by atoms with Crippen molar-refractivity contribution in [2.75, 3.05) is 13.1 Å². The van der Waals surface area contributed by atoms with Crippen LogP contribution in [-0.4, -0.2) is 48.7 Å². The van der Waals surface area contributed by atoms with E-state index in [4.69, 9.17) is 9.51 Å². The van der Waals surface area contributed by atoms with E-state index in [1.807, 2.05) is 30.9 Å². The molecule has 1 aliphatic rings. The van der Waals surface area contributed by atoms with Gasteiger partial charge in [0.25, 0.3) is 0 Å². The molecule has 8 heteroatoms. The molecule has 0 spiro atoms. The molecular formula is C21H25N5O3. The molecular weight excluding hydrogens is 370 g/mol. The zero-order chi connectivity index (χ0) is 20.4. The number of piperidine rings is 1. The number of aliphatic hydroxyl groups excluding tert-OH is 1. The van der Waals surface area contributed by atoms with Crippen molar-refractivity contribution >= 4 is 5.91 Å². The summed E-state index contributed by atoms with van der Waals surface area (Å²) in [7, 11) is 0. The van der Waals surface area contributed by atoms with Gasteiger partial charge in [0.15, 0.2) is 0 Å². The van der Waals surface area contributed by atoms with Gasteiger partial charge < -0.3 is 19.1 Å². The van der Waals surface area contributed by atoms with Crippen LogP contribution in [0.3, 0.4) is 0 Å². The predicted molar refractivity (Wildman–Crippen MR) is 106 cm³/mol. The summed E-state index contributed by atoms with van der Waals surface area (Å²) < 4.78 is 7.09. The van der Waals surface area contributed by atoms with Crippen LogP contribution in [0.15, 0.2) is 35.4 Å². The lowest BCUT2D eigenvalue weighted by atomic mass is 9.93. The minimum Gasteiger partial charge on any atom is -0.392 e. The maximum atomic E-state index is 12.7. The second-order valence-electron chi connectivity index (χ2n) is 7.52. The third kappa shape index (κ3) is 3.93. The van der Waals surface area contributed by atoms with E-state index in [2.05, 4.69) is 10.1 Å². The molecule has 1 unspecified atom stereocenters. The molecule has 1 N–H and O–H groups in total. The Kier molecular flexibility index (Phi) is 5.44. The van der Waals surface area contributed by atoms with Crippen LogP contribution in [0.2, 0.25) is 0 Å². The maximum absolute atomic E-state index is 12.7. The highest BCUT2D eigenvalue weighted by molar-refractivity contribution is 5.76. The smallest absolute Gasteiger partial charge is 0.242 e. The van der Waals surface area contributed by atoms with E-state index in [0.717, 1.165) is 41.9 Å². The Morgan fingerprint density at radius 2 is 2.21 bits per heavy atom. The summed E-state index contributed by atoms with van der Waals surface area (Å²) >= 11 is 0. The lowest BCUT2D eigenvalue weighted by Gasteiger charge is -2.33. The van der Waals surface area contributed by atoms with Crippen LogP contribution in [0.25, 0.3) is 11.3 Å². The average Bonchev–Trinajstić information content (AvgIpc) is 3.37. The Morgan fingerprint density at radius 1 is 1.34 bits per heavy atom. The summed E-state index contributed by atoms with van der Waals surface area (Å²) in [6, 6.07) is 3.87. The first-order valence-corrected chi connectivity index (χ1v) is 9.84. The van der Waals surface area contributed by atoms with Crippen molar-refractivity contribution in [1.29, 1.82) is 0 Å². The summed E-state index contributed by atoms with van der Waals surface area (Å²) in [6.07, 6.45) is 7.04. The molecule has 8 nitrogen and oxygen atoms in total. The van der Waals surface area contributed by atoms with Gasteiger partial charge in [-0.2, -0.15) is 0 Å². The summed E-state index contributed by atoms with van der Waals surface area (Å²) in [4.78, 5) is 23.5. The van der Waals surface area contributed by atoms with Crippen LogP contribution < -0.4 is 0 Å². The lowest BCUT2D eigenvalue weighted by Crippen LogP contribution is -2.40. The quantitative estimate of drug-likeness (QED) is 0.713. The molecule has 0 saturated carbocycles. The first-order chi connectivity index (χ1) is 14.1. The number of aromatic nitrogens is 4. The van der Waals surface area contributed by atoms with Crippen molar-refractivity contribution < 1.29 is 14.4 Å². The summed E-state index contributed by atoms with van der Waals surface area (Å²) in [5, 5.41) is 13.8. The van der Waals surface area contributed by atoms with Crippen LogP contribution in [0, 0.1) is 13.8 Å². The summed E-state index contributed by atoms with van der Waals surface area (Å²) in [5.74, 6) is 0.927. The van der Waals surface area contributed by atoms with Crippen LogP contribution in [0.5, 0.6) is 0 Å². The second kappa shape index (κ2) is 8.16. The van der Waals surface area contributed by atoms with Gasteiger partial charge in [-0.25, -0.2) is 4.98 Å². The highest BCUT2D eigenvalue weighted by Gasteiger charge is 2.27. The van der Waals surface area contributed by atoms with E-state index in [9.17, 15) is 9.90 Å². The minimum atomic E-state index is -0.104. The van der Waals surface area contributed by atoms with Gasteiger partial charge in [0, 0.05) is 42.7 Å². The van der Waals surface area contributed by atoms with Gasteiger partial charge in [-0.05, 0) is 32.8 Å². The average molecular weight is 395 g/mol. The number of pyridine rings is 1. The fraction of sp³-hybridized carbons (Fsp3) is 0.429. The molecule has 1 amide bonds. The standard InChI is InChI=1S/C21H25N5O3/c1-14-20(15(2)29-24-14)21-17(12-27)5-6-18(23-21)16-4-3-8-26(10-16)19(28)11-25-9-7-22-13-25/h5-7,9,13,16,27H,3-4,8,10-12H2,1-2H3. The Hall–Kier alpha value is -3.00. The maximum Gasteiger partial charge on any atom is 0.242 e. The topological polar surface area (TPSA) is 97.3 Å². The van der Waals surface area contributed by atoms with Crippen molar-refractivity contribution in [1.82, 2.24) is 24.6 Å². The number of carbonyl (C=O) groups is 1. The molecule has 1 aliphatic heterocycles. The van der Waals surface area contributed by atoms with Crippen LogP contribution in [0.4, 0.5) is 0 Å². The molecule has 3 aromatic rings. The van der Waals surface area contributed by atoms with Gasteiger partial charge in [-0.3, -0.25) is 9.78 Å². The first kappa shape index (κ1) is 19.3. The van der Waals surface area contributed by atoms with E-state index in [1.54, 1.807) is 23.3 Å². The Balaban J connectivity index is 1.58. The highest BCUT2D eigenvalue weighted by Crippen LogP contribution is 2.32. The third-order valence-corrected chi connectivity index (χ3v) is 5.51. The molecule has 0 radical (unpaired) electrons. The fourth-order valence-electron chi connectivity index (χ4n) is 3.98. The number of aryl methyl sites for hydroxylation is 2. The SMILES string of the molecule is Cc1noc(C)c1-c1nc(C2CCCN(C(=O)Cn3ccnc3)C2)ccc1CO. The predicted octanol–water partition coefficient (Wildman–Crippen LogP) is 2.45. The van der Waals surface area contributed by atoms with Crippen molar-refractivity contribution in [2.45, 2.75) is 45.8 Å². The van der Waals surface area contributed by atoms with E-state index in [1.165, 1.54) is 0 Å². The van der Waals surface area contributed by atoms with E-state index >= 15 is 0 Å². The molecule has 1 atom stereocenters. The molecule has 0 aliphatic carbocycles. The number of likely N-dealkylation sites (tertiary alicyclic amines) is 1. The molecule has 0 aromatic carbocycles. The van der Waals surface area contributed by atoms with Gasteiger partial charge in [-0.1, -0.05) is 11.2 Å². The van der Waals surface area contributed by atoms with Crippen LogP contribution in [0.1, 0.15) is 41.5 Å². The monoisotopic (exact) mass is 395 g/mol. The molecule has 1 fully saturated rings. The molecule has 3 aromatic heterocycles. The van der Waals surface area contributed by atoms with Gasteiger partial charge in [0.2, 0.25) is 5.91 Å². The molecule has 1 saturated heterocycles. The van der Waals surface area contributed by atoms with Gasteiger partial charge >= 0.3 is 0 Å². The second-order valence-corrected chi connectivity index (χ2v) is 7.52. The van der Waals surface area contributed by atoms with Crippen molar-refractivity contribution in [2.24, 2.45) is 0 Å². The van der Waals surface area contributed by atoms with Gasteiger partial charge in [0.1, 0.15) is 12.3 Å². The molecule has 4 rings (SSSR count). The van der Waals surface area contributed by atoms with E-state index in [0.29, 0.717) is 24.5 Å². The summed E-state index contributed by atoms with van der Waals surface area (Å²) in [5.41, 5.74) is 3.97. The Bertz CT molecular complexity index is 976. The number of hydrogen-bond donors (Lipinski definition) is 1. The number of imidazole rings is 1. The number of aliphatic hydroxyl groups is 1. The molecule has 152 valence electrons. The van der Waals surface area contributed by atoms with Gasteiger partial charge in [-0.15, -0.1) is 0 Å². The molecule has 4 heterocycles. The van der Waals surface area contributed by atoms with Crippen molar-refractivity contribution in [3.8, 4) is 11.3 Å². The normalized spacial score (nSPS) is 16.9. The first-order valence-electron chi connectivity index (χ1n) is 9.84. The largest absolute Gasteiger partial charge is 0.392 e. The van der Waals surface area contributed by atoms with Crippen LogP contribution in [-0.2, 0) is 17.9 Å². The summed E-state index contributed by atoms with van der Waals surface area (Å²) in [6.45, 7) is 5.32. The van der Waals surface area contributed by atoms with E-state index in [-0.39, 0.29) is 18.4 Å². The Morgan fingerprint density at radius 3 is 2.90 bits per heavy atom. The number of hydrogen-bond acceptors (Lipinski definition) is 6. The van der Waals surface area contributed by atoms with Crippen LogP contribution >= 0.6 is 0 Å². The lowest BCUT2D eigenvalue weighted by molar-refractivity contribution is -0.133. The number of nitrogens with zero attached hydrogens (tertiary/aromatic N) is 5. The molecule has 0 bridgehead atoms. The molecule has 29 heavy (non-hydrogen) atoms. The van der Waals surface area contributed by atoms with Crippen molar-refractivity contribution in [3.05, 3.63) is 53.6 Å².